The SMILES string of the molecule is Nc1cnc(Nc2cccc(Br)c2)cn1. The highest BCUT2D eigenvalue weighted by Crippen LogP contribution is 2.18. The van der Waals surface area contributed by atoms with Crippen molar-refractivity contribution >= 4 is 33.3 Å². The topological polar surface area (TPSA) is 63.8 Å². The number of nitrogen functional groups attached to an aromatic ring is 1. The Balaban J connectivity index is 2.18. The number of anilines is 3. The minimum Gasteiger partial charge on any atom is -0.382 e. The van der Waals surface area contributed by atoms with Crippen molar-refractivity contribution in [1.82, 2.24) is 9.97 Å². The first-order chi connectivity index (χ1) is 7.24. The highest BCUT2D eigenvalue weighted by Gasteiger charge is 1.96. The third kappa shape index (κ3) is 2.66. The van der Waals surface area contributed by atoms with Crippen LogP contribution in [0.2, 0.25) is 0 Å². The molecule has 4 nitrogen and oxygen atoms in total. The molecule has 0 aliphatic heterocycles. The lowest BCUT2D eigenvalue weighted by atomic mass is 10.3. The number of halogens is 1. The highest BCUT2D eigenvalue weighted by atomic mass is 79.9. The van der Waals surface area contributed by atoms with Gasteiger partial charge >= 0.3 is 0 Å². The van der Waals surface area contributed by atoms with E-state index in [1.807, 2.05) is 24.3 Å². The molecule has 1 heterocycles. The smallest absolute Gasteiger partial charge is 0.149 e. The molecule has 5 heteroatoms. The minimum atomic E-state index is 0.412. The van der Waals surface area contributed by atoms with E-state index in [0.29, 0.717) is 11.6 Å². The Morgan fingerprint density at radius 3 is 2.73 bits per heavy atom. The molecule has 1 aromatic heterocycles. The van der Waals surface area contributed by atoms with Crippen molar-refractivity contribution in [2.75, 3.05) is 11.1 Å². The molecule has 0 spiro atoms. The Hall–Kier alpha value is -1.62. The molecule has 0 aliphatic rings. The van der Waals surface area contributed by atoms with Crippen LogP contribution < -0.4 is 11.1 Å². The molecule has 15 heavy (non-hydrogen) atoms. The van der Waals surface area contributed by atoms with Crippen LogP contribution in [0.5, 0.6) is 0 Å². The zero-order valence-electron chi connectivity index (χ0n) is 7.81. The maximum Gasteiger partial charge on any atom is 0.149 e. The van der Waals surface area contributed by atoms with Crippen LogP contribution in [0.1, 0.15) is 0 Å². The largest absolute Gasteiger partial charge is 0.382 e. The fourth-order valence-electron chi connectivity index (χ4n) is 1.12. The molecule has 1 aromatic carbocycles. The summed E-state index contributed by atoms with van der Waals surface area (Å²) in [5.74, 6) is 1.08. The molecule has 2 rings (SSSR count). The lowest BCUT2D eigenvalue weighted by molar-refractivity contribution is 1.21. The lowest BCUT2D eigenvalue weighted by Gasteiger charge is -2.04. The second kappa shape index (κ2) is 4.27. The van der Waals surface area contributed by atoms with Crippen LogP contribution in [0.15, 0.2) is 41.1 Å². The summed E-state index contributed by atoms with van der Waals surface area (Å²) in [5, 5.41) is 3.11. The highest BCUT2D eigenvalue weighted by molar-refractivity contribution is 9.10. The van der Waals surface area contributed by atoms with Gasteiger partial charge in [0.25, 0.3) is 0 Å². The van der Waals surface area contributed by atoms with Gasteiger partial charge in [-0.05, 0) is 18.2 Å². The van der Waals surface area contributed by atoms with Crippen LogP contribution in [0, 0.1) is 0 Å². The summed E-state index contributed by atoms with van der Waals surface area (Å²) >= 11 is 3.39. The Morgan fingerprint density at radius 2 is 2.07 bits per heavy atom. The average molecular weight is 265 g/mol. The molecule has 2 aromatic rings. The van der Waals surface area contributed by atoms with Gasteiger partial charge in [-0.2, -0.15) is 0 Å². The van der Waals surface area contributed by atoms with Crippen LogP contribution in [0.3, 0.4) is 0 Å². The van der Waals surface area contributed by atoms with Gasteiger partial charge in [0, 0.05) is 10.2 Å². The van der Waals surface area contributed by atoms with Gasteiger partial charge in [0.2, 0.25) is 0 Å². The molecule has 0 unspecified atom stereocenters. The van der Waals surface area contributed by atoms with E-state index in [1.54, 1.807) is 6.20 Å². The van der Waals surface area contributed by atoms with Crippen molar-refractivity contribution in [3.05, 3.63) is 41.1 Å². The second-order valence-electron chi connectivity index (χ2n) is 2.96. The fourth-order valence-corrected chi connectivity index (χ4v) is 1.52. The fraction of sp³-hybridized carbons (Fsp3) is 0. The minimum absolute atomic E-state index is 0.412. The van der Waals surface area contributed by atoms with Crippen molar-refractivity contribution < 1.29 is 0 Å². The maximum absolute atomic E-state index is 5.44. The summed E-state index contributed by atoms with van der Waals surface area (Å²) in [6, 6.07) is 7.80. The van der Waals surface area contributed by atoms with E-state index in [2.05, 4.69) is 31.2 Å². The van der Waals surface area contributed by atoms with Crippen LogP contribution in [-0.2, 0) is 0 Å². The molecule has 0 saturated heterocycles. The quantitative estimate of drug-likeness (QED) is 0.875. The average Bonchev–Trinajstić information content (AvgIpc) is 2.22. The van der Waals surface area contributed by atoms with E-state index in [-0.39, 0.29) is 0 Å². The summed E-state index contributed by atoms with van der Waals surface area (Å²) in [4.78, 5) is 8.03. The van der Waals surface area contributed by atoms with Gasteiger partial charge in [-0.3, -0.25) is 0 Å². The number of nitrogens with zero attached hydrogens (tertiary/aromatic N) is 2. The maximum atomic E-state index is 5.44. The zero-order chi connectivity index (χ0) is 10.7. The van der Waals surface area contributed by atoms with Crippen LogP contribution >= 0.6 is 15.9 Å². The number of nitrogens with one attached hydrogen (secondary N) is 1. The molecular formula is C10H9BrN4. The summed E-state index contributed by atoms with van der Waals surface area (Å²) in [5.41, 5.74) is 6.38. The van der Waals surface area contributed by atoms with E-state index < -0.39 is 0 Å². The Kier molecular flexibility index (Phi) is 2.82. The standard InChI is InChI=1S/C10H9BrN4/c11-7-2-1-3-8(4-7)15-10-6-13-9(12)5-14-10/h1-6H,(H2,12,13)(H,14,15). The van der Waals surface area contributed by atoms with E-state index in [0.717, 1.165) is 10.2 Å². The number of aromatic nitrogens is 2. The summed E-state index contributed by atoms with van der Waals surface area (Å²) in [7, 11) is 0. The molecule has 0 radical (unpaired) electrons. The Bertz CT molecular complexity index is 455. The van der Waals surface area contributed by atoms with Gasteiger partial charge < -0.3 is 11.1 Å². The monoisotopic (exact) mass is 264 g/mol. The molecule has 3 N–H and O–H groups in total. The zero-order valence-corrected chi connectivity index (χ0v) is 9.40. The van der Waals surface area contributed by atoms with Crippen LogP contribution in [0.25, 0.3) is 0 Å². The lowest BCUT2D eigenvalue weighted by Crippen LogP contribution is -1.96. The second-order valence-corrected chi connectivity index (χ2v) is 3.88. The molecule has 0 fully saturated rings. The van der Waals surface area contributed by atoms with Crippen molar-refractivity contribution in [3.63, 3.8) is 0 Å². The summed E-state index contributed by atoms with van der Waals surface area (Å²) in [6.07, 6.45) is 3.11. The van der Waals surface area contributed by atoms with Gasteiger partial charge in [-0.15, -0.1) is 0 Å². The van der Waals surface area contributed by atoms with E-state index in [4.69, 9.17) is 5.73 Å². The van der Waals surface area contributed by atoms with Gasteiger partial charge in [0.1, 0.15) is 11.6 Å². The number of hydrogen-bond donors (Lipinski definition) is 2. The van der Waals surface area contributed by atoms with Crippen molar-refractivity contribution in [2.24, 2.45) is 0 Å². The number of hydrogen-bond acceptors (Lipinski definition) is 4. The predicted molar refractivity (Wildman–Crippen MR) is 63.9 cm³/mol. The first kappa shape index (κ1) is 9.92. The van der Waals surface area contributed by atoms with Crippen molar-refractivity contribution in [1.29, 1.82) is 0 Å². The molecule has 0 atom stereocenters. The van der Waals surface area contributed by atoms with Gasteiger partial charge in [0.05, 0.1) is 12.4 Å². The van der Waals surface area contributed by atoms with E-state index in [9.17, 15) is 0 Å². The van der Waals surface area contributed by atoms with E-state index >= 15 is 0 Å². The van der Waals surface area contributed by atoms with Gasteiger partial charge in [0.15, 0.2) is 0 Å². The van der Waals surface area contributed by atoms with Crippen LogP contribution in [-0.4, -0.2) is 9.97 Å². The number of rotatable bonds is 2. The molecule has 76 valence electrons. The molecule has 0 bridgehead atoms. The first-order valence-electron chi connectivity index (χ1n) is 4.34. The molecule has 0 aliphatic carbocycles. The molecular weight excluding hydrogens is 256 g/mol. The number of benzene rings is 1. The first-order valence-corrected chi connectivity index (χ1v) is 5.13. The molecule has 0 amide bonds. The van der Waals surface area contributed by atoms with E-state index in [1.165, 1.54) is 6.20 Å². The Morgan fingerprint density at radius 1 is 1.20 bits per heavy atom. The van der Waals surface area contributed by atoms with Gasteiger partial charge in [-0.1, -0.05) is 22.0 Å². The van der Waals surface area contributed by atoms with Crippen LogP contribution in [0.4, 0.5) is 17.3 Å². The Labute approximate surface area is 95.7 Å². The summed E-state index contributed by atoms with van der Waals surface area (Å²) in [6.45, 7) is 0. The van der Waals surface area contributed by atoms with Crippen molar-refractivity contribution in [3.8, 4) is 0 Å². The third-order valence-corrected chi connectivity index (χ3v) is 2.26. The van der Waals surface area contributed by atoms with Crippen molar-refractivity contribution in [2.45, 2.75) is 0 Å². The predicted octanol–water partition coefficient (Wildman–Crippen LogP) is 2.56. The third-order valence-electron chi connectivity index (χ3n) is 1.77. The normalized spacial score (nSPS) is 9.93. The number of nitrogens with two attached hydrogens (primary N) is 1. The summed E-state index contributed by atoms with van der Waals surface area (Å²) < 4.78 is 1.01. The molecule has 0 saturated carbocycles. The van der Waals surface area contributed by atoms with Gasteiger partial charge in [-0.25, -0.2) is 9.97 Å².